The Balaban J connectivity index is 1.43. The van der Waals surface area contributed by atoms with E-state index in [-0.39, 0.29) is 28.1 Å². The molecule has 0 radical (unpaired) electrons. The molecule has 2 heterocycles. The molecule has 226 valence electrons. The molecule has 1 spiro atoms. The second-order valence-corrected chi connectivity index (χ2v) is 15.1. The molecular weight excluding hydrogens is 568 g/mol. The summed E-state index contributed by atoms with van der Waals surface area (Å²) in [5.41, 5.74) is 3.50. The van der Waals surface area contributed by atoms with E-state index in [0.29, 0.717) is 24.0 Å². The van der Waals surface area contributed by atoms with Crippen molar-refractivity contribution < 1.29 is 18.8 Å². The third-order valence-electron chi connectivity index (χ3n) is 10.6. The molecule has 2 aromatic carbocycles. The monoisotopic (exact) mass is 610 g/mol. The van der Waals surface area contributed by atoms with Crippen molar-refractivity contribution in [2.24, 2.45) is 17.8 Å². The summed E-state index contributed by atoms with van der Waals surface area (Å²) in [4.78, 5) is 15.8. The van der Waals surface area contributed by atoms with Gasteiger partial charge in [-0.05, 0) is 106 Å². The molecule has 0 saturated heterocycles. The summed E-state index contributed by atoms with van der Waals surface area (Å²) in [6.07, 6.45) is 10.6. The molecule has 1 amide bonds. The average Bonchev–Trinajstić information content (AvgIpc) is 3.11. The first-order chi connectivity index (χ1) is 20.1. The van der Waals surface area contributed by atoms with Crippen LogP contribution in [0.15, 0.2) is 48.6 Å². The van der Waals surface area contributed by atoms with E-state index in [1.807, 2.05) is 32.2 Å². The summed E-state index contributed by atoms with van der Waals surface area (Å²) < 4.78 is 28.8. The molecule has 1 saturated carbocycles. The molecular formula is C34H43ClN2O4S. The highest BCUT2D eigenvalue weighted by atomic mass is 35.5. The van der Waals surface area contributed by atoms with Crippen molar-refractivity contribution in [3.8, 4) is 5.75 Å². The van der Waals surface area contributed by atoms with Crippen LogP contribution in [0.25, 0.3) is 0 Å². The molecule has 6 rings (SSSR count). The smallest absolute Gasteiger partial charge is 0.292 e. The molecule has 1 fully saturated rings. The summed E-state index contributed by atoms with van der Waals surface area (Å²) in [6, 6.07) is 12.0. The van der Waals surface area contributed by atoms with Crippen molar-refractivity contribution in [1.82, 2.24) is 4.72 Å². The fourth-order valence-electron chi connectivity index (χ4n) is 7.59. The fraction of sp³-hybridized carbons (Fsp3) is 0.559. The summed E-state index contributed by atoms with van der Waals surface area (Å²) in [5.74, 6) is 1.42. The molecule has 8 heteroatoms. The van der Waals surface area contributed by atoms with E-state index < -0.39 is 11.4 Å². The summed E-state index contributed by atoms with van der Waals surface area (Å²) in [5, 5.41) is 0.576. The normalized spacial score (nSPS) is 35.6. The first-order valence-electron chi connectivity index (χ1n) is 15.4. The van der Waals surface area contributed by atoms with Gasteiger partial charge in [-0.3, -0.25) is 4.79 Å². The van der Waals surface area contributed by atoms with Gasteiger partial charge in [-0.1, -0.05) is 36.7 Å². The molecule has 2 aliphatic heterocycles. The number of nitrogens with one attached hydrogen (secondary N) is 1. The fourth-order valence-corrected chi connectivity index (χ4v) is 8.80. The molecule has 5 unspecified atom stereocenters. The van der Waals surface area contributed by atoms with E-state index in [0.717, 1.165) is 68.1 Å². The van der Waals surface area contributed by atoms with Crippen molar-refractivity contribution >= 4 is 34.6 Å². The lowest BCUT2D eigenvalue weighted by Crippen LogP contribution is -2.52. The SMILES string of the molecule is CO[C@@]1(C)/C=C/CC(C)C(C)[S+]([O-])NC(=O)c2ccc3c(c2)N(CC2CCC21)C[C@@]1(CCCc2cc(Cl)ccc21)CO3. The number of allylic oxidation sites excluding steroid dienone is 1. The largest absolute Gasteiger partial charge is 0.593 e. The predicted molar refractivity (Wildman–Crippen MR) is 170 cm³/mol. The lowest BCUT2D eigenvalue weighted by atomic mass is 9.64. The van der Waals surface area contributed by atoms with Gasteiger partial charge in [0.2, 0.25) is 0 Å². The van der Waals surface area contributed by atoms with Crippen molar-refractivity contribution in [3.05, 3.63) is 70.3 Å². The number of rotatable bonds is 1. The first kappa shape index (κ1) is 29.9. The molecule has 4 aliphatic rings. The van der Waals surface area contributed by atoms with E-state index in [2.05, 4.69) is 47.8 Å². The van der Waals surface area contributed by atoms with Crippen LogP contribution in [0.4, 0.5) is 5.69 Å². The van der Waals surface area contributed by atoms with Crippen LogP contribution in [0.2, 0.25) is 5.02 Å². The Hall–Kier alpha value is -2.19. The number of hydrogen-bond acceptors (Lipinski definition) is 5. The van der Waals surface area contributed by atoms with E-state index in [4.69, 9.17) is 21.1 Å². The molecule has 42 heavy (non-hydrogen) atoms. The molecule has 2 bridgehead atoms. The van der Waals surface area contributed by atoms with Crippen molar-refractivity contribution in [2.75, 3.05) is 31.7 Å². The van der Waals surface area contributed by atoms with Gasteiger partial charge in [0.15, 0.2) is 0 Å². The third-order valence-corrected chi connectivity index (χ3v) is 12.4. The molecule has 7 atom stereocenters. The minimum absolute atomic E-state index is 0.133. The van der Waals surface area contributed by atoms with E-state index >= 15 is 0 Å². The van der Waals surface area contributed by atoms with Crippen LogP contribution in [-0.2, 0) is 27.9 Å². The van der Waals surface area contributed by atoms with Crippen molar-refractivity contribution in [3.63, 3.8) is 0 Å². The number of benzene rings is 2. The van der Waals surface area contributed by atoms with Gasteiger partial charge >= 0.3 is 0 Å². The minimum atomic E-state index is -1.51. The number of amides is 1. The lowest BCUT2D eigenvalue weighted by molar-refractivity contribution is -0.0622. The van der Waals surface area contributed by atoms with Crippen LogP contribution < -0.4 is 14.4 Å². The number of anilines is 1. The number of ether oxygens (including phenoxy) is 2. The van der Waals surface area contributed by atoms with Crippen LogP contribution in [0.3, 0.4) is 0 Å². The maximum atomic E-state index is 13.4. The van der Waals surface area contributed by atoms with Crippen LogP contribution in [0.1, 0.15) is 74.4 Å². The molecule has 2 aliphatic carbocycles. The number of methoxy groups -OCH3 is 1. The highest BCUT2D eigenvalue weighted by Gasteiger charge is 2.47. The maximum absolute atomic E-state index is 13.4. The quantitative estimate of drug-likeness (QED) is 0.290. The zero-order chi connectivity index (χ0) is 29.6. The topological polar surface area (TPSA) is 73.9 Å². The number of carbonyl (C=O) groups is 1. The Bertz CT molecular complexity index is 1370. The van der Waals surface area contributed by atoms with Crippen LogP contribution in [0, 0.1) is 17.8 Å². The van der Waals surface area contributed by atoms with Gasteiger partial charge in [-0.2, -0.15) is 4.72 Å². The molecule has 0 aromatic heterocycles. The summed E-state index contributed by atoms with van der Waals surface area (Å²) in [6.45, 7) is 8.45. The second-order valence-electron chi connectivity index (χ2n) is 13.2. The molecule has 1 N–H and O–H groups in total. The number of aryl methyl sites for hydroxylation is 1. The van der Waals surface area contributed by atoms with Crippen LogP contribution >= 0.6 is 11.6 Å². The number of hydrogen-bond donors (Lipinski definition) is 1. The standard InChI is InChI=1S/C34H43ClN2O4S/c1-22-7-5-15-33(3,40-4)28-12-9-26(28)19-37-20-34(16-6-8-24-17-27(35)11-13-29(24)34)21-41-31-14-10-25(18-30(31)37)32(38)36-42(39)23(22)2/h5,10-11,13-15,17-18,22-23,26,28H,6-9,12,16,19-21H2,1-4H3,(H,36,38)/b15-5+/t22?,23?,26?,28?,33-,34-,42?/m0/s1. The number of halogens is 1. The first-order valence-corrected chi connectivity index (χ1v) is 17.0. The Morgan fingerprint density at radius 3 is 2.79 bits per heavy atom. The Morgan fingerprint density at radius 2 is 2.02 bits per heavy atom. The number of carbonyl (C=O) groups excluding carboxylic acids is 1. The zero-order valence-electron chi connectivity index (χ0n) is 25.2. The molecule has 6 nitrogen and oxygen atoms in total. The molecule has 2 aromatic rings. The van der Waals surface area contributed by atoms with Gasteiger partial charge < -0.3 is 18.9 Å². The van der Waals surface area contributed by atoms with Crippen molar-refractivity contribution in [1.29, 1.82) is 0 Å². The zero-order valence-corrected chi connectivity index (χ0v) is 26.7. The maximum Gasteiger partial charge on any atom is 0.292 e. The minimum Gasteiger partial charge on any atom is -0.593 e. The van der Waals surface area contributed by atoms with Crippen molar-refractivity contribution in [2.45, 2.75) is 75.6 Å². The van der Waals surface area contributed by atoms with E-state index in [9.17, 15) is 9.35 Å². The highest BCUT2D eigenvalue weighted by Crippen LogP contribution is 2.49. The Morgan fingerprint density at radius 1 is 1.19 bits per heavy atom. The van der Waals surface area contributed by atoms with E-state index in [1.54, 1.807) is 6.07 Å². The van der Waals surface area contributed by atoms with Gasteiger partial charge in [0.25, 0.3) is 5.91 Å². The van der Waals surface area contributed by atoms with Crippen LogP contribution in [-0.4, -0.2) is 48.1 Å². The Labute approximate surface area is 258 Å². The average molecular weight is 611 g/mol. The summed E-state index contributed by atoms with van der Waals surface area (Å²) in [7, 11) is 1.81. The number of fused-ring (bicyclic) bond motifs is 4. The van der Waals surface area contributed by atoms with Gasteiger partial charge in [-0.25, -0.2) is 0 Å². The van der Waals surface area contributed by atoms with Gasteiger partial charge in [-0.15, -0.1) is 0 Å². The summed E-state index contributed by atoms with van der Waals surface area (Å²) >= 11 is 4.92. The van der Waals surface area contributed by atoms with E-state index in [1.165, 1.54) is 11.1 Å². The Kier molecular flexibility index (Phi) is 8.33. The third kappa shape index (κ3) is 5.47. The van der Waals surface area contributed by atoms with Crippen LogP contribution in [0.5, 0.6) is 5.75 Å². The van der Waals surface area contributed by atoms with Gasteiger partial charge in [0, 0.05) is 42.1 Å². The number of nitrogens with zero attached hydrogens (tertiary/aromatic N) is 1. The second kappa shape index (κ2) is 11.7. The van der Waals surface area contributed by atoms with Gasteiger partial charge in [0.1, 0.15) is 11.0 Å². The van der Waals surface area contributed by atoms with Gasteiger partial charge in [0.05, 0.1) is 29.3 Å². The highest BCUT2D eigenvalue weighted by molar-refractivity contribution is 7.90. The predicted octanol–water partition coefficient (Wildman–Crippen LogP) is 6.62. The lowest BCUT2D eigenvalue weighted by Gasteiger charge is -2.49.